The fourth-order valence-corrected chi connectivity index (χ4v) is 4.49. The van der Waals surface area contributed by atoms with Crippen molar-refractivity contribution in [2.24, 2.45) is 5.92 Å². The van der Waals surface area contributed by atoms with Crippen LogP contribution in [0.15, 0.2) is 54.6 Å². The number of aromatic nitrogens is 3. The number of hydrogen-bond donors (Lipinski definition) is 0. The Labute approximate surface area is 183 Å². The highest BCUT2D eigenvalue weighted by Crippen LogP contribution is 2.23. The number of piperidine rings is 1. The average molecular weight is 421 g/mol. The van der Waals surface area contributed by atoms with Crippen LogP contribution in [0.1, 0.15) is 35.7 Å². The summed E-state index contributed by atoms with van der Waals surface area (Å²) in [5.41, 5.74) is 3.12. The van der Waals surface area contributed by atoms with Gasteiger partial charge in [-0.05, 0) is 45.0 Å². The molecular formula is C24H28N4OS. The summed E-state index contributed by atoms with van der Waals surface area (Å²) in [6.07, 6.45) is 1.75. The van der Waals surface area contributed by atoms with E-state index < -0.39 is 0 Å². The van der Waals surface area contributed by atoms with Crippen molar-refractivity contribution in [1.82, 2.24) is 19.2 Å². The van der Waals surface area contributed by atoms with Gasteiger partial charge in [0.1, 0.15) is 0 Å². The summed E-state index contributed by atoms with van der Waals surface area (Å²) in [4.78, 5) is 15.1. The van der Waals surface area contributed by atoms with E-state index in [0.717, 1.165) is 54.2 Å². The number of nitrogens with zero attached hydrogens (tertiary/aromatic N) is 4. The van der Waals surface area contributed by atoms with Crippen molar-refractivity contribution in [1.29, 1.82) is 0 Å². The molecule has 30 heavy (non-hydrogen) atoms. The highest BCUT2D eigenvalue weighted by atomic mass is 32.1. The molecule has 6 heteroatoms. The molecular weight excluding hydrogens is 392 g/mol. The Morgan fingerprint density at radius 3 is 2.50 bits per heavy atom. The van der Waals surface area contributed by atoms with Crippen molar-refractivity contribution < 1.29 is 4.79 Å². The average Bonchev–Trinajstić information content (AvgIpc) is 3.09. The van der Waals surface area contributed by atoms with E-state index in [2.05, 4.69) is 47.6 Å². The Balaban J connectivity index is 1.46. The second-order valence-corrected chi connectivity index (χ2v) is 8.35. The molecule has 0 bridgehead atoms. The number of carbonyl (C=O) groups excluding carboxylic acids is 1. The van der Waals surface area contributed by atoms with E-state index in [1.807, 2.05) is 35.0 Å². The van der Waals surface area contributed by atoms with Gasteiger partial charge in [-0.15, -0.1) is 0 Å². The molecule has 156 valence electrons. The number of likely N-dealkylation sites (tertiary alicyclic amines) is 1. The number of carbonyl (C=O) groups is 1. The third-order valence-electron chi connectivity index (χ3n) is 5.87. The van der Waals surface area contributed by atoms with Crippen LogP contribution in [-0.2, 0) is 13.2 Å². The largest absolute Gasteiger partial charge is 0.300 e. The molecule has 0 amide bonds. The van der Waals surface area contributed by atoms with Gasteiger partial charge < -0.3 is 4.57 Å². The zero-order valence-corrected chi connectivity index (χ0v) is 18.4. The fourth-order valence-electron chi connectivity index (χ4n) is 4.18. The number of aryl methyl sites for hydroxylation is 1. The molecule has 1 saturated heterocycles. The number of benzene rings is 2. The van der Waals surface area contributed by atoms with Gasteiger partial charge in [-0.3, -0.25) is 9.69 Å². The minimum atomic E-state index is 0.104. The molecule has 0 aliphatic carbocycles. The van der Waals surface area contributed by atoms with Gasteiger partial charge in [0.05, 0.1) is 6.67 Å². The third-order valence-corrected chi connectivity index (χ3v) is 6.30. The Bertz CT molecular complexity index is 1080. The monoisotopic (exact) mass is 420 g/mol. The van der Waals surface area contributed by atoms with Gasteiger partial charge in [-0.2, -0.15) is 5.10 Å². The third kappa shape index (κ3) is 4.30. The highest BCUT2D eigenvalue weighted by molar-refractivity contribution is 7.71. The lowest BCUT2D eigenvalue weighted by Gasteiger charge is -2.30. The van der Waals surface area contributed by atoms with E-state index in [1.165, 1.54) is 5.56 Å². The predicted octanol–water partition coefficient (Wildman–Crippen LogP) is 4.96. The number of rotatable bonds is 6. The first-order valence-corrected chi connectivity index (χ1v) is 11.0. The maximum absolute atomic E-state index is 12.7. The minimum Gasteiger partial charge on any atom is -0.300 e. The van der Waals surface area contributed by atoms with Crippen LogP contribution in [0.4, 0.5) is 0 Å². The first kappa shape index (κ1) is 20.7. The van der Waals surface area contributed by atoms with E-state index in [9.17, 15) is 4.79 Å². The van der Waals surface area contributed by atoms with Gasteiger partial charge >= 0.3 is 0 Å². The first-order chi connectivity index (χ1) is 14.6. The first-order valence-electron chi connectivity index (χ1n) is 10.6. The molecule has 0 radical (unpaired) electrons. The van der Waals surface area contributed by atoms with E-state index in [0.29, 0.717) is 6.67 Å². The topological polar surface area (TPSA) is 43.1 Å². The summed E-state index contributed by atoms with van der Waals surface area (Å²) < 4.78 is 4.77. The van der Waals surface area contributed by atoms with Crippen molar-refractivity contribution in [2.45, 2.75) is 39.9 Å². The smallest absolute Gasteiger partial charge is 0.199 e. The van der Waals surface area contributed by atoms with Crippen LogP contribution in [0, 0.1) is 17.6 Å². The zero-order valence-electron chi connectivity index (χ0n) is 17.6. The SMILES string of the molecule is CCn1c(-c2cccc(C)c2)nn(CN2CCC(C(=O)c3ccccc3)CC2)c1=S. The maximum Gasteiger partial charge on any atom is 0.199 e. The Hall–Kier alpha value is -2.57. The second kappa shape index (κ2) is 9.06. The summed E-state index contributed by atoms with van der Waals surface area (Å²) >= 11 is 5.72. The van der Waals surface area contributed by atoms with Crippen LogP contribution >= 0.6 is 12.2 Å². The second-order valence-electron chi connectivity index (χ2n) is 7.98. The van der Waals surface area contributed by atoms with Crippen LogP contribution < -0.4 is 0 Å². The lowest BCUT2D eigenvalue weighted by atomic mass is 9.89. The van der Waals surface area contributed by atoms with Gasteiger partial charge in [0, 0.05) is 36.7 Å². The standard InChI is InChI=1S/C24H28N4OS/c1-3-27-23(21-11-7-8-18(2)16-21)25-28(24(27)30)17-26-14-12-20(13-15-26)22(29)19-9-5-4-6-10-19/h4-11,16,20H,3,12-15,17H2,1-2H3. The molecule has 0 atom stereocenters. The molecule has 5 nitrogen and oxygen atoms in total. The summed E-state index contributed by atoms with van der Waals surface area (Å²) in [5, 5.41) is 4.85. The van der Waals surface area contributed by atoms with E-state index in [4.69, 9.17) is 17.3 Å². The van der Waals surface area contributed by atoms with Gasteiger partial charge in [0.25, 0.3) is 0 Å². The maximum atomic E-state index is 12.7. The van der Waals surface area contributed by atoms with Gasteiger partial charge in [0.2, 0.25) is 0 Å². The zero-order chi connectivity index (χ0) is 21.1. The molecule has 0 unspecified atom stereocenters. The van der Waals surface area contributed by atoms with Gasteiger partial charge in [-0.25, -0.2) is 4.68 Å². The summed E-state index contributed by atoms with van der Waals surface area (Å²) in [7, 11) is 0. The molecule has 4 rings (SSSR count). The number of Topliss-reactive ketones (excluding diaryl/α,β-unsaturated/α-hetero) is 1. The van der Waals surface area contributed by atoms with Crippen LogP contribution in [0.25, 0.3) is 11.4 Å². The van der Waals surface area contributed by atoms with Crippen molar-refractivity contribution in [3.8, 4) is 11.4 Å². The van der Waals surface area contributed by atoms with Crippen molar-refractivity contribution >= 4 is 18.0 Å². The quantitative estimate of drug-likeness (QED) is 0.417. The summed E-state index contributed by atoms with van der Waals surface area (Å²) in [5.74, 6) is 1.29. The predicted molar refractivity (Wildman–Crippen MR) is 122 cm³/mol. The fraction of sp³-hybridized carbons (Fsp3) is 0.375. The van der Waals surface area contributed by atoms with Crippen molar-refractivity contribution in [3.05, 3.63) is 70.5 Å². The Kier molecular flexibility index (Phi) is 6.25. The normalized spacial score (nSPS) is 15.4. The van der Waals surface area contributed by atoms with Crippen LogP contribution in [0.3, 0.4) is 0 Å². The summed E-state index contributed by atoms with van der Waals surface area (Å²) in [6.45, 7) is 7.40. The molecule has 1 aliphatic heterocycles. The highest BCUT2D eigenvalue weighted by Gasteiger charge is 2.26. The molecule has 2 aromatic carbocycles. The summed E-state index contributed by atoms with van der Waals surface area (Å²) in [6, 6.07) is 18.0. The molecule has 1 fully saturated rings. The minimum absolute atomic E-state index is 0.104. The lowest BCUT2D eigenvalue weighted by Crippen LogP contribution is -2.37. The van der Waals surface area contributed by atoms with Crippen LogP contribution in [-0.4, -0.2) is 38.1 Å². The van der Waals surface area contributed by atoms with E-state index in [1.54, 1.807) is 0 Å². The van der Waals surface area contributed by atoms with Crippen LogP contribution in [0.2, 0.25) is 0 Å². The molecule has 1 aliphatic rings. The van der Waals surface area contributed by atoms with Crippen molar-refractivity contribution in [2.75, 3.05) is 13.1 Å². The number of hydrogen-bond acceptors (Lipinski definition) is 4. The van der Waals surface area contributed by atoms with Gasteiger partial charge in [0.15, 0.2) is 16.4 Å². The molecule has 3 aromatic rings. The molecule has 0 saturated carbocycles. The van der Waals surface area contributed by atoms with E-state index in [-0.39, 0.29) is 11.7 Å². The molecule has 2 heterocycles. The molecule has 0 spiro atoms. The van der Waals surface area contributed by atoms with Gasteiger partial charge in [-0.1, -0.05) is 54.1 Å². The molecule has 0 N–H and O–H groups in total. The van der Waals surface area contributed by atoms with Crippen LogP contribution in [0.5, 0.6) is 0 Å². The lowest BCUT2D eigenvalue weighted by molar-refractivity contribution is 0.0803. The van der Waals surface area contributed by atoms with Crippen molar-refractivity contribution in [3.63, 3.8) is 0 Å². The number of ketones is 1. The van der Waals surface area contributed by atoms with E-state index >= 15 is 0 Å². The Morgan fingerprint density at radius 2 is 1.83 bits per heavy atom. The molecule has 1 aromatic heterocycles. The Morgan fingerprint density at radius 1 is 1.10 bits per heavy atom.